The molecule has 1 heterocycles. The van der Waals surface area contributed by atoms with Gasteiger partial charge < -0.3 is 15.2 Å². The molecule has 0 radical (unpaired) electrons. The van der Waals surface area contributed by atoms with Crippen LogP contribution in [0.25, 0.3) is 11.0 Å². The predicted molar refractivity (Wildman–Crippen MR) is 71.1 cm³/mol. The molecule has 1 aromatic heterocycles. The van der Waals surface area contributed by atoms with Crippen molar-refractivity contribution in [3.05, 3.63) is 30.1 Å². The van der Waals surface area contributed by atoms with Crippen molar-refractivity contribution in [2.24, 2.45) is 7.05 Å². The largest absolute Gasteiger partial charge is 0.351 e. The standard InChI is InChI=1S/C13H18N4O/c1-3-14-8-13(18)15-7-10-4-5-12-11(6-10)16-9-17(12)2/h4-6,9,14H,3,7-8H2,1-2H3,(H,15,18). The maximum atomic E-state index is 11.4. The van der Waals surface area contributed by atoms with Crippen molar-refractivity contribution in [2.45, 2.75) is 13.5 Å². The first-order chi connectivity index (χ1) is 8.70. The predicted octanol–water partition coefficient (Wildman–Crippen LogP) is 0.799. The van der Waals surface area contributed by atoms with E-state index in [9.17, 15) is 4.79 Å². The van der Waals surface area contributed by atoms with Gasteiger partial charge in [0, 0.05) is 13.6 Å². The van der Waals surface area contributed by atoms with E-state index in [0.717, 1.165) is 23.1 Å². The summed E-state index contributed by atoms with van der Waals surface area (Å²) in [4.78, 5) is 15.7. The molecule has 0 saturated heterocycles. The topological polar surface area (TPSA) is 59.0 Å². The lowest BCUT2D eigenvalue weighted by Crippen LogP contribution is -2.33. The van der Waals surface area contributed by atoms with Crippen LogP contribution in [0.15, 0.2) is 24.5 Å². The third-order valence-corrected chi connectivity index (χ3v) is 2.82. The molecule has 1 aromatic carbocycles. The number of fused-ring (bicyclic) bond motifs is 1. The average Bonchev–Trinajstić information content (AvgIpc) is 2.75. The highest BCUT2D eigenvalue weighted by Gasteiger charge is 2.03. The van der Waals surface area contributed by atoms with E-state index in [-0.39, 0.29) is 5.91 Å². The van der Waals surface area contributed by atoms with Crippen molar-refractivity contribution in [1.82, 2.24) is 20.2 Å². The van der Waals surface area contributed by atoms with Crippen LogP contribution in [0, 0.1) is 0 Å². The number of imidazole rings is 1. The zero-order valence-corrected chi connectivity index (χ0v) is 10.7. The van der Waals surface area contributed by atoms with Crippen molar-refractivity contribution in [3.8, 4) is 0 Å². The zero-order valence-electron chi connectivity index (χ0n) is 10.7. The van der Waals surface area contributed by atoms with Crippen LogP contribution in [0.2, 0.25) is 0 Å². The van der Waals surface area contributed by atoms with Gasteiger partial charge in [0.2, 0.25) is 5.91 Å². The van der Waals surface area contributed by atoms with Gasteiger partial charge in [-0.25, -0.2) is 4.98 Å². The molecular formula is C13H18N4O. The van der Waals surface area contributed by atoms with E-state index in [4.69, 9.17) is 0 Å². The van der Waals surface area contributed by atoms with E-state index in [1.807, 2.05) is 36.7 Å². The van der Waals surface area contributed by atoms with Gasteiger partial charge in [0.15, 0.2) is 0 Å². The summed E-state index contributed by atoms with van der Waals surface area (Å²) in [7, 11) is 1.97. The number of nitrogens with one attached hydrogen (secondary N) is 2. The monoisotopic (exact) mass is 246 g/mol. The van der Waals surface area contributed by atoms with Crippen LogP contribution in [0.1, 0.15) is 12.5 Å². The first kappa shape index (κ1) is 12.6. The molecule has 18 heavy (non-hydrogen) atoms. The summed E-state index contributed by atoms with van der Waals surface area (Å²) in [5.74, 6) is 0.0120. The molecule has 0 saturated carbocycles. The van der Waals surface area contributed by atoms with E-state index in [0.29, 0.717) is 13.1 Å². The minimum absolute atomic E-state index is 0.0120. The van der Waals surface area contributed by atoms with Gasteiger partial charge in [-0.2, -0.15) is 0 Å². The van der Waals surface area contributed by atoms with Crippen LogP contribution in [-0.4, -0.2) is 28.5 Å². The number of carbonyl (C=O) groups is 1. The molecule has 0 spiro atoms. The highest BCUT2D eigenvalue weighted by molar-refractivity contribution is 5.78. The zero-order chi connectivity index (χ0) is 13.0. The number of nitrogens with zero attached hydrogens (tertiary/aromatic N) is 2. The molecule has 2 rings (SSSR count). The number of rotatable bonds is 5. The second-order valence-corrected chi connectivity index (χ2v) is 4.24. The number of carbonyl (C=O) groups excluding carboxylic acids is 1. The summed E-state index contributed by atoms with van der Waals surface area (Å²) in [6.07, 6.45) is 1.79. The molecule has 0 aliphatic heterocycles. The number of benzene rings is 1. The second kappa shape index (κ2) is 5.64. The maximum absolute atomic E-state index is 11.4. The second-order valence-electron chi connectivity index (χ2n) is 4.24. The number of aryl methyl sites for hydroxylation is 1. The Labute approximate surface area is 106 Å². The van der Waals surface area contributed by atoms with Gasteiger partial charge in [0.05, 0.1) is 23.9 Å². The van der Waals surface area contributed by atoms with Gasteiger partial charge in [-0.05, 0) is 24.2 Å². The van der Waals surface area contributed by atoms with Gasteiger partial charge in [0.1, 0.15) is 0 Å². The molecule has 5 nitrogen and oxygen atoms in total. The Hall–Kier alpha value is -1.88. The number of likely N-dealkylation sites (N-methyl/N-ethyl adjacent to an activating group) is 1. The first-order valence-corrected chi connectivity index (χ1v) is 6.08. The van der Waals surface area contributed by atoms with Gasteiger partial charge >= 0.3 is 0 Å². The quantitative estimate of drug-likeness (QED) is 0.820. The summed E-state index contributed by atoms with van der Waals surface area (Å²) in [5.41, 5.74) is 3.11. The smallest absolute Gasteiger partial charge is 0.234 e. The molecule has 0 atom stereocenters. The van der Waals surface area contributed by atoms with E-state index < -0.39 is 0 Å². The fourth-order valence-corrected chi connectivity index (χ4v) is 1.79. The SMILES string of the molecule is CCNCC(=O)NCc1ccc2c(c1)ncn2C. The number of aromatic nitrogens is 2. The summed E-state index contributed by atoms with van der Waals surface area (Å²) in [6, 6.07) is 6.04. The average molecular weight is 246 g/mol. The van der Waals surface area contributed by atoms with Crippen LogP contribution < -0.4 is 10.6 Å². The number of amides is 1. The van der Waals surface area contributed by atoms with E-state index >= 15 is 0 Å². The molecule has 2 aromatic rings. The highest BCUT2D eigenvalue weighted by Crippen LogP contribution is 2.13. The lowest BCUT2D eigenvalue weighted by Gasteiger charge is -2.06. The van der Waals surface area contributed by atoms with Crippen LogP contribution in [0.3, 0.4) is 0 Å². The Kier molecular flexibility index (Phi) is 3.94. The summed E-state index contributed by atoms with van der Waals surface area (Å²) < 4.78 is 1.98. The Bertz CT molecular complexity index is 547. The van der Waals surface area contributed by atoms with E-state index in [1.54, 1.807) is 6.33 Å². The maximum Gasteiger partial charge on any atom is 0.234 e. The first-order valence-electron chi connectivity index (χ1n) is 6.08. The minimum Gasteiger partial charge on any atom is -0.351 e. The van der Waals surface area contributed by atoms with Crippen molar-refractivity contribution >= 4 is 16.9 Å². The Morgan fingerprint density at radius 2 is 2.28 bits per heavy atom. The van der Waals surface area contributed by atoms with Gasteiger partial charge in [0.25, 0.3) is 0 Å². The Balaban J connectivity index is 1.97. The molecule has 0 fully saturated rings. The van der Waals surface area contributed by atoms with Crippen molar-refractivity contribution < 1.29 is 4.79 Å². The number of hydrogen-bond donors (Lipinski definition) is 2. The van der Waals surface area contributed by atoms with E-state index in [2.05, 4.69) is 15.6 Å². The molecule has 0 aliphatic rings. The van der Waals surface area contributed by atoms with Gasteiger partial charge in [-0.3, -0.25) is 4.79 Å². The van der Waals surface area contributed by atoms with Crippen LogP contribution in [0.5, 0.6) is 0 Å². The number of hydrogen-bond acceptors (Lipinski definition) is 3. The lowest BCUT2D eigenvalue weighted by molar-refractivity contribution is -0.120. The van der Waals surface area contributed by atoms with Crippen LogP contribution in [-0.2, 0) is 18.4 Å². The van der Waals surface area contributed by atoms with Crippen LogP contribution >= 0.6 is 0 Å². The van der Waals surface area contributed by atoms with Crippen molar-refractivity contribution in [2.75, 3.05) is 13.1 Å². The van der Waals surface area contributed by atoms with E-state index in [1.165, 1.54) is 0 Å². The third-order valence-electron chi connectivity index (χ3n) is 2.82. The third kappa shape index (κ3) is 2.87. The Morgan fingerprint density at radius 3 is 3.06 bits per heavy atom. The summed E-state index contributed by atoms with van der Waals surface area (Å²) in [6.45, 7) is 3.68. The summed E-state index contributed by atoms with van der Waals surface area (Å²) >= 11 is 0. The fourth-order valence-electron chi connectivity index (χ4n) is 1.79. The normalized spacial score (nSPS) is 10.8. The highest BCUT2D eigenvalue weighted by atomic mass is 16.1. The molecule has 0 aliphatic carbocycles. The van der Waals surface area contributed by atoms with Crippen LogP contribution in [0.4, 0.5) is 0 Å². The summed E-state index contributed by atoms with van der Waals surface area (Å²) in [5, 5.41) is 5.86. The Morgan fingerprint density at radius 1 is 1.44 bits per heavy atom. The fraction of sp³-hybridized carbons (Fsp3) is 0.385. The van der Waals surface area contributed by atoms with Gasteiger partial charge in [-0.15, -0.1) is 0 Å². The molecule has 5 heteroatoms. The van der Waals surface area contributed by atoms with Crippen molar-refractivity contribution in [3.63, 3.8) is 0 Å². The molecular weight excluding hydrogens is 228 g/mol. The molecule has 2 N–H and O–H groups in total. The molecule has 1 amide bonds. The lowest BCUT2D eigenvalue weighted by atomic mass is 10.2. The van der Waals surface area contributed by atoms with Crippen molar-refractivity contribution in [1.29, 1.82) is 0 Å². The minimum atomic E-state index is 0.0120. The molecule has 0 bridgehead atoms. The van der Waals surface area contributed by atoms with Gasteiger partial charge in [-0.1, -0.05) is 13.0 Å². The molecule has 0 unspecified atom stereocenters. The molecule has 96 valence electrons.